The molecule has 0 bridgehead atoms. The van der Waals surface area contributed by atoms with Crippen molar-refractivity contribution >= 4 is 16.8 Å². The third-order valence-corrected chi connectivity index (χ3v) is 2.18. The monoisotopic (exact) mass is 322 g/mol. The highest BCUT2D eigenvalue weighted by Gasteiger charge is 2.39. The Hall–Kier alpha value is -1.55. The summed E-state index contributed by atoms with van der Waals surface area (Å²) < 4.78 is 77.3. The predicted molar refractivity (Wildman–Crippen MR) is 54.0 cm³/mol. The summed E-state index contributed by atoms with van der Waals surface area (Å²) in [5, 5.41) is -1.46. The van der Waals surface area contributed by atoms with E-state index in [1.165, 1.54) is 0 Å². The van der Waals surface area contributed by atoms with Gasteiger partial charge in [0.15, 0.2) is 5.69 Å². The van der Waals surface area contributed by atoms with Crippen molar-refractivity contribution in [3.05, 3.63) is 22.9 Å². The fourth-order valence-electron chi connectivity index (χ4n) is 1.27. The van der Waals surface area contributed by atoms with Gasteiger partial charge in [-0.2, -0.15) is 13.2 Å². The zero-order valence-corrected chi connectivity index (χ0v) is 10.0. The Labute approximate surface area is 112 Å². The SMILES string of the molecule is NCc1cc(C(=O)Cl)c(OC(F)(F)F)nc1C(F)(F)F. The average Bonchev–Trinajstić information content (AvgIpc) is 2.24. The molecule has 0 radical (unpaired) electrons. The van der Waals surface area contributed by atoms with Gasteiger partial charge in [0, 0.05) is 6.54 Å². The Morgan fingerprint density at radius 2 is 1.85 bits per heavy atom. The number of aromatic nitrogens is 1. The summed E-state index contributed by atoms with van der Waals surface area (Å²) in [6, 6.07) is 0.465. The lowest BCUT2D eigenvalue weighted by molar-refractivity contribution is -0.276. The maximum absolute atomic E-state index is 12.6. The molecule has 0 spiro atoms. The maximum atomic E-state index is 12.6. The van der Waals surface area contributed by atoms with Crippen LogP contribution in [-0.4, -0.2) is 16.6 Å². The molecule has 0 aromatic carbocycles. The first kappa shape index (κ1) is 16.5. The van der Waals surface area contributed by atoms with E-state index in [2.05, 4.69) is 9.72 Å². The number of nitrogens with zero attached hydrogens (tertiary/aromatic N) is 1. The summed E-state index contributed by atoms with van der Waals surface area (Å²) in [7, 11) is 0. The minimum atomic E-state index is -5.33. The van der Waals surface area contributed by atoms with Gasteiger partial charge in [-0.3, -0.25) is 4.79 Å². The normalized spacial score (nSPS) is 12.4. The molecule has 0 saturated heterocycles. The maximum Gasteiger partial charge on any atom is 0.574 e. The Balaban J connectivity index is 3.51. The van der Waals surface area contributed by atoms with Crippen LogP contribution < -0.4 is 10.5 Å². The number of carbonyl (C=O) groups is 1. The van der Waals surface area contributed by atoms with Crippen molar-refractivity contribution in [2.45, 2.75) is 19.1 Å². The van der Waals surface area contributed by atoms with Gasteiger partial charge in [0.1, 0.15) is 0 Å². The highest BCUT2D eigenvalue weighted by molar-refractivity contribution is 6.68. The molecule has 2 N–H and O–H groups in total. The van der Waals surface area contributed by atoms with E-state index in [0.717, 1.165) is 0 Å². The zero-order valence-electron chi connectivity index (χ0n) is 9.27. The van der Waals surface area contributed by atoms with Crippen LogP contribution in [0.5, 0.6) is 5.88 Å². The molecule has 0 atom stereocenters. The van der Waals surface area contributed by atoms with E-state index in [9.17, 15) is 31.1 Å². The van der Waals surface area contributed by atoms with Crippen LogP contribution >= 0.6 is 11.6 Å². The number of carbonyl (C=O) groups excluding carboxylic acids is 1. The largest absolute Gasteiger partial charge is 0.574 e. The smallest absolute Gasteiger partial charge is 0.387 e. The molecule has 1 aromatic heterocycles. The Morgan fingerprint density at radius 3 is 2.20 bits per heavy atom. The first-order valence-electron chi connectivity index (χ1n) is 4.72. The van der Waals surface area contributed by atoms with E-state index in [4.69, 9.17) is 17.3 Å². The van der Waals surface area contributed by atoms with E-state index in [0.29, 0.717) is 6.07 Å². The minimum Gasteiger partial charge on any atom is -0.387 e. The number of halogens is 7. The van der Waals surface area contributed by atoms with Crippen LogP contribution in [0.25, 0.3) is 0 Å². The van der Waals surface area contributed by atoms with E-state index < -0.39 is 47.0 Å². The number of pyridine rings is 1. The molecule has 1 heterocycles. The van der Waals surface area contributed by atoms with Crippen molar-refractivity contribution in [2.24, 2.45) is 5.73 Å². The molecular formula is C9H5ClF6N2O2. The molecule has 0 fully saturated rings. The zero-order chi connectivity index (χ0) is 15.7. The lowest BCUT2D eigenvalue weighted by Crippen LogP contribution is -2.22. The van der Waals surface area contributed by atoms with Crippen molar-refractivity contribution in [1.82, 2.24) is 4.98 Å². The summed E-state index contributed by atoms with van der Waals surface area (Å²) in [4.78, 5) is 13.6. The van der Waals surface area contributed by atoms with E-state index in [-0.39, 0.29) is 0 Å². The van der Waals surface area contributed by atoms with E-state index in [1.54, 1.807) is 0 Å². The third-order valence-electron chi connectivity index (χ3n) is 1.98. The quantitative estimate of drug-likeness (QED) is 0.686. The molecule has 0 aliphatic heterocycles. The minimum absolute atomic E-state index is 0.465. The highest BCUT2D eigenvalue weighted by Crippen LogP contribution is 2.35. The number of alkyl halides is 6. The molecule has 4 nitrogen and oxygen atoms in total. The molecule has 0 aliphatic rings. The van der Waals surface area contributed by atoms with Crippen molar-refractivity contribution in [3.63, 3.8) is 0 Å². The second-order valence-electron chi connectivity index (χ2n) is 3.37. The van der Waals surface area contributed by atoms with Gasteiger partial charge in [0.05, 0.1) is 5.56 Å². The van der Waals surface area contributed by atoms with Gasteiger partial charge < -0.3 is 10.5 Å². The van der Waals surface area contributed by atoms with Crippen LogP contribution in [-0.2, 0) is 12.7 Å². The van der Waals surface area contributed by atoms with E-state index in [1.807, 2.05) is 0 Å². The summed E-state index contributed by atoms with van der Waals surface area (Å²) in [5.74, 6) is -1.58. The molecule has 0 saturated carbocycles. The van der Waals surface area contributed by atoms with Gasteiger partial charge in [-0.25, -0.2) is 4.98 Å². The van der Waals surface area contributed by atoms with Gasteiger partial charge in [0.25, 0.3) is 5.24 Å². The van der Waals surface area contributed by atoms with Crippen molar-refractivity contribution in [3.8, 4) is 5.88 Å². The van der Waals surface area contributed by atoms with Crippen LogP contribution in [0.3, 0.4) is 0 Å². The van der Waals surface area contributed by atoms with Crippen LogP contribution in [0.2, 0.25) is 0 Å². The van der Waals surface area contributed by atoms with Crippen molar-refractivity contribution < 1.29 is 35.9 Å². The second-order valence-corrected chi connectivity index (χ2v) is 3.72. The number of hydrogen-bond acceptors (Lipinski definition) is 4. The second kappa shape index (κ2) is 5.44. The van der Waals surface area contributed by atoms with Gasteiger partial charge in [0.2, 0.25) is 5.88 Å². The molecule has 0 unspecified atom stereocenters. The molecule has 112 valence electrons. The Bertz CT molecular complexity index is 528. The number of ether oxygens (including phenoxy) is 1. The highest BCUT2D eigenvalue weighted by atomic mass is 35.5. The fraction of sp³-hybridized carbons (Fsp3) is 0.333. The number of rotatable bonds is 3. The molecule has 0 amide bonds. The average molecular weight is 323 g/mol. The molecule has 20 heavy (non-hydrogen) atoms. The molecule has 0 aliphatic carbocycles. The lowest BCUT2D eigenvalue weighted by atomic mass is 10.1. The van der Waals surface area contributed by atoms with Crippen LogP contribution in [0.1, 0.15) is 21.6 Å². The van der Waals surface area contributed by atoms with Gasteiger partial charge in [-0.1, -0.05) is 0 Å². The molecular weight excluding hydrogens is 318 g/mol. The Kier molecular flexibility index (Phi) is 4.49. The molecule has 1 aromatic rings. The van der Waals surface area contributed by atoms with Crippen molar-refractivity contribution in [1.29, 1.82) is 0 Å². The van der Waals surface area contributed by atoms with Gasteiger partial charge in [-0.05, 0) is 23.2 Å². The molecule has 1 rings (SSSR count). The summed E-state index contributed by atoms with van der Waals surface area (Å²) in [6.45, 7) is -0.703. The fourth-order valence-corrected chi connectivity index (χ4v) is 1.40. The first-order valence-corrected chi connectivity index (χ1v) is 5.10. The predicted octanol–water partition coefficient (Wildman–Crippen LogP) is 2.84. The van der Waals surface area contributed by atoms with Gasteiger partial charge in [-0.15, -0.1) is 13.2 Å². The third kappa shape index (κ3) is 3.97. The lowest BCUT2D eigenvalue weighted by Gasteiger charge is -2.16. The number of hydrogen-bond donors (Lipinski definition) is 1. The van der Waals surface area contributed by atoms with Crippen LogP contribution in [0, 0.1) is 0 Å². The summed E-state index contributed by atoms with van der Waals surface area (Å²) in [6.07, 6.45) is -10.4. The van der Waals surface area contributed by atoms with Crippen LogP contribution in [0.4, 0.5) is 26.3 Å². The molecule has 11 heteroatoms. The van der Waals surface area contributed by atoms with Gasteiger partial charge >= 0.3 is 12.5 Å². The Morgan fingerprint density at radius 1 is 1.30 bits per heavy atom. The summed E-state index contributed by atoms with van der Waals surface area (Å²) in [5.41, 5.74) is 1.71. The topological polar surface area (TPSA) is 65.2 Å². The first-order chi connectivity index (χ1) is 8.95. The van der Waals surface area contributed by atoms with Crippen LogP contribution in [0.15, 0.2) is 6.07 Å². The summed E-state index contributed by atoms with van der Waals surface area (Å²) >= 11 is 4.98. The van der Waals surface area contributed by atoms with Crippen molar-refractivity contribution in [2.75, 3.05) is 0 Å². The number of nitrogens with two attached hydrogens (primary N) is 1. The standard InChI is InChI=1S/C9H5ClF6N2O2/c10-6(19)4-1-3(2-17)5(8(11,12)13)18-7(4)20-9(14,15)16/h1H,2,17H2. The van der Waals surface area contributed by atoms with E-state index >= 15 is 0 Å².